The number of carboxylic acid groups (broad SMARTS) is 1. The highest BCUT2D eigenvalue weighted by Gasteiger charge is 2.37. The molecule has 1 aliphatic rings. The van der Waals surface area contributed by atoms with E-state index in [1.807, 2.05) is 13.8 Å². The minimum atomic E-state index is -1.22. The van der Waals surface area contributed by atoms with E-state index in [9.17, 15) is 24.3 Å². The normalized spacial score (nSPS) is 18.3. The van der Waals surface area contributed by atoms with E-state index in [4.69, 9.17) is 17.2 Å². The third kappa shape index (κ3) is 9.46. The number of hydrogen-bond acceptors (Lipinski definition) is 7. The lowest BCUT2D eigenvalue weighted by Crippen LogP contribution is -2.57. The highest BCUT2D eigenvalue weighted by molar-refractivity contribution is 7.80. The number of rotatable bonds is 13. The number of nitrogens with zero attached hydrogens (tertiary/aromatic N) is 2. The number of carbonyl (C=O) groups is 4. The monoisotopic (exact) mass is 487 g/mol. The Bertz CT molecular complexity index is 730. The number of nitrogens with one attached hydrogen (secondary N) is 2. The predicted octanol–water partition coefficient (Wildman–Crippen LogP) is -1.61. The van der Waals surface area contributed by atoms with Gasteiger partial charge in [0, 0.05) is 18.8 Å². The van der Waals surface area contributed by atoms with Gasteiger partial charge in [0.2, 0.25) is 17.7 Å². The predicted molar refractivity (Wildman–Crippen MR) is 127 cm³/mol. The molecule has 9 N–H and O–H groups in total. The first kappa shape index (κ1) is 28.5. The Morgan fingerprint density at radius 1 is 1.18 bits per heavy atom. The lowest BCUT2D eigenvalue weighted by Gasteiger charge is -2.28. The van der Waals surface area contributed by atoms with Crippen LogP contribution in [-0.4, -0.2) is 82.7 Å². The van der Waals surface area contributed by atoms with Gasteiger partial charge < -0.3 is 37.8 Å². The number of aliphatic carboxylic acids is 1. The fourth-order valence-corrected chi connectivity index (χ4v) is 3.88. The summed E-state index contributed by atoms with van der Waals surface area (Å²) < 4.78 is 0. The molecule has 0 aromatic rings. The fraction of sp³-hybridized carbons (Fsp3) is 0.750. The van der Waals surface area contributed by atoms with E-state index in [-0.39, 0.29) is 36.5 Å². The number of likely N-dealkylation sites (tertiary alicyclic amines) is 1. The summed E-state index contributed by atoms with van der Waals surface area (Å²) in [5.74, 6) is -2.60. The summed E-state index contributed by atoms with van der Waals surface area (Å²) >= 11 is 4.12. The number of guanidine groups is 1. The van der Waals surface area contributed by atoms with Crippen LogP contribution >= 0.6 is 12.6 Å². The zero-order valence-corrected chi connectivity index (χ0v) is 20.1. The number of nitrogens with two attached hydrogens (primary N) is 3. The summed E-state index contributed by atoms with van der Waals surface area (Å²) in [7, 11) is 0. The molecule has 0 spiro atoms. The molecule has 0 saturated carbocycles. The van der Waals surface area contributed by atoms with Gasteiger partial charge in [-0.05, 0) is 38.0 Å². The topological polar surface area (TPSA) is 206 Å². The average Bonchev–Trinajstić information content (AvgIpc) is 3.22. The number of thiol groups is 1. The summed E-state index contributed by atoms with van der Waals surface area (Å²) in [4.78, 5) is 54.9. The maximum Gasteiger partial charge on any atom is 0.326 e. The van der Waals surface area contributed by atoms with Crippen LogP contribution in [0.3, 0.4) is 0 Å². The van der Waals surface area contributed by atoms with Crippen LogP contribution in [0.25, 0.3) is 0 Å². The molecular weight excluding hydrogens is 450 g/mol. The second-order valence-corrected chi connectivity index (χ2v) is 8.88. The summed E-state index contributed by atoms with van der Waals surface area (Å²) in [6, 6.07) is -3.68. The zero-order chi connectivity index (χ0) is 25.1. The second-order valence-electron chi connectivity index (χ2n) is 8.52. The molecule has 1 saturated heterocycles. The van der Waals surface area contributed by atoms with Crippen molar-refractivity contribution in [2.45, 2.75) is 70.1 Å². The Morgan fingerprint density at radius 2 is 1.85 bits per heavy atom. The molecule has 188 valence electrons. The van der Waals surface area contributed by atoms with Crippen molar-refractivity contribution in [3.05, 3.63) is 0 Å². The molecule has 12 nitrogen and oxygen atoms in total. The smallest absolute Gasteiger partial charge is 0.326 e. The highest BCUT2D eigenvalue weighted by Crippen LogP contribution is 2.20. The van der Waals surface area contributed by atoms with Gasteiger partial charge >= 0.3 is 5.97 Å². The van der Waals surface area contributed by atoms with Gasteiger partial charge in [-0.2, -0.15) is 12.6 Å². The molecule has 0 aromatic heterocycles. The molecule has 1 fully saturated rings. The minimum Gasteiger partial charge on any atom is -0.480 e. The van der Waals surface area contributed by atoms with Crippen LogP contribution in [0.15, 0.2) is 4.99 Å². The Hall–Kier alpha value is -2.54. The van der Waals surface area contributed by atoms with Gasteiger partial charge in [-0.3, -0.25) is 19.4 Å². The summed E-state index contributed by atoms with van der Waals surface area (Å²) in [6.07, 6.45) is 2.04. The molecule has 13 heteroatoms. The summed E-state index contributed by atoms with van der Waals surface area (Å²) in [5.41, 5.74) is 16.5. The molecule has 0 bridgehead atoms. The van der Waals surface area contributed by atoms with E-state index in [2.05, 4.69) is 28.3 Å². The van der Waals surface area contributed by atoms with Gasteiger partial charge in [-0.25, -0.2) is 4.79 Å². The van der Waals surface area contributed by atoms with E-state index in [0.717, 1.165) is 0 Å². The van der Waals surface area contributed by atoms with Crippen LogP contribution in [0.1, 0.15) is 46.0 Å². The largest absolute Gasteiger partial charge is 0.480 e. The van der Waals surface area contributed by atoms with Gasteiger partial charge in [0.15, 0.2) is 5.96 Å². The summed E-state index contributed by atoms with van der Waals surface area (Å²) in [6.45, 7) is 4.56. The van der Waals surface area contributed by atoms with Crippen molar-refractivity contribution in [1.82, 2.24) is 15.5 Å². The Kier molecular flexibility index (Phi) is 12.0. The maximum absolute atomic E-state index is 12.9. The van der Waals surface area contributed by atoms with Crippen molar-refractivity contribution < 1.29 is 24.3 Å². The molecule has 4 unspecified atom stereocenters. The first-order valence-electron chi connectivity index (χ1n) is 11.0. The lowest BCUT2D eigenvalue weighted by molar-refractivity contribution is -0.143. The van der Waals surface area contributed by atoms with E-state index in [1.165, 1.54) is 4.90 Å². The van der Waals surface area contributed by atoms with Gasteiger partial charge in [0.1, 0.15) is 18.1 Å². The van der Waals surface area contributed by atoms with Crippen molar-refractivity contribution in [2.75, 3.05) is 18.8 Å². The van der Waals surface area contributed by atoms with Crippen LogP contribution in [0, 0.1) is 5.92 Å². The molecule has 0 aromatic carbocycles. The third-order valence-corrected chi connectivity index (χ3v) is 5.62. The number of hydrogen-bond donors (Lipinski definition) is 7. The van der Waals surface area contributed by atoms with Gasteiger partial charge in [0.05, 0.1) is 6.04 Å². The molecule has 3 amide bonds. The van der Waals surface area contributed by atoms with E-state index < -0.39 is 42.0 Å². The van der Waals surface area contributed by atoms with E-state index in [0.29, 0.717) is 32.2 Å². The number of carbonyl (C=O) groups excluding carboxylic acids is 3. The van der Waals surface area contributed by atoms with Crippen molar-refractivity contribution >= 4 is 42.3 Å². The maximum atomic E-state index is 12.9. The number of carboxylic acids is 1. The Labute approximate surface area is 199 Å². The molecule has 1 aliphatic heterocycles. The van der Waals surface area contributed by atoms with Crippen molar-refractivity contribution in [3.8, 4) is 0 Å². The van der Waals surface area contributed by atoms with Gasteiger partial charge in [-0.1, -0.05) is 13.8 Å². The van der Waals surface area contributed by atoms with Gasteiger partial charge in [-0.15, -0.1) is 0 Å². The number of aliphatic imine (C=N–C) groups is 1. The molecule has 0 aliphatic carbocycles. The molecule has 4 atom stereocenters. The number of amides is 3. The average molecular weight is 488 g/mol. The quantitative estimate of drug-likeness (QED) is 0.0694. The Morgan fingerprint density at radius 3 is 2.39 bits per heavy atom. The summed E-state index contributed by atoms with van der Waals surface area (Å²) in [5, 5.41) is 14.4. The fourth-order valence-electron chi connectivity index (χ4n) is 3.62. The molecule has 1 heterocycles. The first-order chi connectivity index (χ1) is 15.5. The van der Waals surface area contributed by atoms with Crippen molar-refractivity contribution in [2.24, 2.45) is 28.1 Å². The van der Waals surface area contributed by atoms with Crippen LogP contribution in [0.5, 0.6) is 0 Å². The SMILES string of the molecule is CC(C)CC(N)C(=O)N1CCCC1C(=O)NC(CS)C(=O)NC(CCCN=C(N)N)C(=O)O. The van der Waals surface area contributed by atoms with Crippen molar-refractivity contribution in [1.29, 1.82) is 0 Å². The first-order valence-corrected chi connectivity index (χ1v) is 11.7. The minimum absolute atomic E-state index is 0.0502. The van der Waals surface area contributed by atoms with Crippen LogP contribution in [0.2, 0.25) is 0 Å². The van der Waals surface area contributed by atoms with Crippen LogP contribution in [-0.2, 0) is 19.2 Å². The van der Waals surface area contributed by atoms with Gasteiger partial charge in [0.25, 0.3) is 0 Å². The van der Waals surface area contributed by atoms with E-state index >= 15 is 0 Å². The third-order valence-electron chi connectivity index (χ3n) is 5.26. The lowest BCUT2D eigenvalue weighted by atomic mass is 10.0. The van der Waals surface area contributed by atoms with Crippen LogP contribution in [0.4, 0.5) is 0 Å². The van der Waals surface area contributed by atoms with Crippen molar-refractivity contribution in [3.63, 3.8) is 0 Å². The molecular formula is C20H37N7O5S. The zero-order valence-electron chi connectivity index (χ0n) is 19.2. The Balaban J connectivity index is 2.73. The standard InChI is InChI=1S/C20H37N7O5S/c1-11(2)9-12(21)18(30)27-8-4-6-15(27)17(29)26-14(10-33)16(28)25-13(19(31)32)5-3-7-24-20(22)23/h11-15,33H,3-10,21H2,1-2H3,(H,25,28)(H,26,29)(H,31,32)(H4,22,23,24). The molecule has 1 rings (SSSR count). The highest BCUT2D eigenvalue weighted by atomic mass is 32.1. The second kappa shape index (κ2) is 13.9. The molecule has 33 heavy (non-hydrogen) atoms. The molecule has 0 radical (unpaired) electrons. The van der Waals surface area contributed by atoms with E-state index in [1.54, 1.807) is 0 Å². The van der Waals surface area contributed by atoms with Crippen LogP contribution < -0.4 is 27.8 Å².